The molecule has 0 saturated carbocycles. The van der Waals surface area contributed by atoms with Gasteiger partial charge in [0.1, 0.15) is 22.3 Å². The van der Waals surface area contributed by atoms with Crippen LogP contribution in [0.25, 0.3) is 177 Å². The average Bonchev–Trinajstić information content (AvgIpc) is 1.57. The largest absolute Gasteiger partial charge is 0.455 e. The lowest BCUT2D eigenvalue weighted by Crippen LogP contribution is -2.09. The summed E-state index contributed by atoms with van der Waals surface area (Å²) in [6, 6.07) is 174. The van der Waals surface area contributed by atoms with Crippen LogP contribution >= 0.6 is 0 Å². The summed E-state index contributed by atoms with van der Waals surface area (Å²) >= 11 is 0. The maximum absolute atomic E-state index is 6.42. The van der Waals surface area contributed by atoms with Crippen LogP contribution in [0.5, 0.6) is 0 Å². The van der Waals surface area contributed by atoms with Crippen molar-refractivity contribution in [1.29, 1.82) is 0 Å². The zero-order valence-corrected chi connectivity index (χ0v) is 66.9. The second-order valence-corrected chi connectivity index (χ2v) is 31.1. The summed E-state index contributed by atoms with van der Waals surface area (Å²) in [6.07, 6.45) is 0. The van der Waals surface area contributed by atoms with Gasteiger partial charge in [-0.05, 0) is 213 Å². The van der Waals surface area contributed by atoms with Crippen molar-refractivity contribution in [1.82, 2.24) is 0 Å². The average molecular weight is 1560 g/mol. The van der Waals surface area contributed by atoms with E-state index in [1.807, 2.05) is 24.3 Å². The van der Waals surface area contributed by atoms with Crippen LogP contribution in [0, 0.1) is 0 Å². The molecule has 574 valence electrons. The Morgan fingerprint density at radius 2 is 0.336 bits per heavy atom. The number of nitrogens with zero attached hydrogens (tertiary/aromatic N) is 2. The van der Waals surface area contributed by atoms with E-state index in [1.54, 1.807) is 0 Å². The third kappa shape index (κ3) is 14.9. The van der Waals surface area contributed by atoms with Crippen LogP contribution in [-0.2, 0) is 0 Å². The number of rotatable bonds is 17. The topological polar surface area (TPSA) is 32.8 Å². The molecule has 0 saturated heterocycles. The highest BCUT2D eigenvalue weighted by atomic mass is 16.3. The minimum atomic E-state index is 0.904. The number of para-hydroxylation sites is 4. The maximum atomic E-state index is 6.42. The van der Waals surface area contributed by atoms with Gasteiger partial charge in [-0.2, -0.15) is 0 Å². The van der Waals surface area contributed by atoms with Crippen molar-refractivity contribution >= 4 is 88.8 Å². The molecule has 20 aromatic carbocycles. The van der Waals surface area contributed by atoms with Crippen LogP contribution in [0.2, 0.25) is 0 Å². The van der Waals surface area contributed by atoms with Crippen LogP contribution in [0.15, 0.2) is 494 Å². The Morgan fingerprint density at radius 1 is 0.131 bits per heavy atom. The van der Waals surface area contributed by atoms with Gasteiger partial charge >= 0.3 is 0 Å². The van der Waals surface area contributed by atoms with E-state index in [1.165, 1.54) is 111 Å². The molecule has 0 amide bonds. The summed E-state index contributed by atoms with van der Waals surface area (Å²) in [7, 11) is 0. The van der Waals surface area contributed by atoms with E-state index in [0.29, 0.717) is 0 Å². The number of hydrogen-bond acceptors (Lipinski definition) is 4. The summed E-state index contributed by atoms with van der Waals surface area (Å²) in [5.41, 5.74) is 36.1. The van der Waals surface area contributed by atoms with Crippen molar-refractivity contribution in [3.63, 3.8) is 0 Å². The highest BCUT2D eigenvalue weighted by Gasteiger charge is 2.20. The first-order valence-electron chi connectivity index (χ1n) is 41.6. The first-order valence-corrected chi connectivity index (χ1v) is 41.6. The van der Waals surface area contributed by atoms with Gasteiger partial charge in [-0.1, -0.05) is 394 Å². The quantitative estimate of drug-likeness (QED) is 0.0910. The predicted octanol–water partition coefficient (Wildman–Crippen LogP) is 33.6. The van der Waals surface area contributed by atoms with Gasteiger partial charge in [0.25, 0.3) is 0 Å². The van der Waals surface area contributed by atoms with Crippen molar-refractivity contribution in [3.8, 4) is 122 Å². The summed E-state index contributed by atoms with van der Waals surface area (Å²) in [6.45, 7) is 0. The van der Waals surface area contributed by atoms with E-state index in [4.69, 9.17) is 8.83 Å². The smallest absolute Gasteiger partial charge is 0.143 e. The number of fused-ring (bicyclic) bond motifs is 7. The molecule has 2 heterocycles. The van der Waals surface area contributed by atoms with Gasteiger partial charge in [0.15, 0.2) is 0 Å². The van der Waals surface area contributed by atoms with E-state index in [2.05, 4.69) is 471 Å². The second kappa shape index (κ2) is 32.7. The van der Waals surface area contributed by atoms with Crippen LogP contribution < -0.4 is 9.80 Å². The monoisotopic (exact) mass is 1560 g/mol. The van der Waals surface area contributed by atoms with Crippen molar-refractivity contribution in [2.45, 2.75) is 0 Å². The van der Waals surface area contributed by atoms with Crippen LogP contribution in [0.4, 0.5) is 34.1 Å². The molecule has 0 aliphatic heterocycles. The van der Waals surface area contributed by atoms with E-state index >= 15 is 0 Å². The molecular formula is C118H80N2O2. The summed E-state index contributed by atoms with van der Waals surface area (Å²) < 4.78 is 12.8. The molecule has 22 aromatic rings. The Kier molecular flexibility index (Phi) is 19.7. The van der Waals surface area contributed by atoms with E-state index in [9.17, 15) is 0 Å². The van der Waals surface area contributed by atoms with E-state index in [0.717, 1.165) is 100 Å². The zero-order chi connectivity index (χ0) is 81.1. The third-order valence-electron chi connectivity index (χ3n) is 23.7. The molecular weight excluding hydrogens is 1480 g/mol. The minimum Gasteiger partial charge on any atom is -0.455 e. The van der Waals surface area contributed by atoms with Crippen molar-refractivity contribution in [2.24, 2.45) is 0 Å². The highest BCUT2D eigenvalue weighted by molar-refractivity contribution is 6.11. The molecule has 122 heavy (non-hydrogen) atoms. The molecule has 0 N–H and O–H groups in total. The highest BCUT2D eigenvalue weighted by Crippen LogP contribution is 2.45. The van der Waals surface area contributed by atoms with Gasteiger partial charge in [0.05, 0.1) is 0 Å². The van der Waals surface area contributed by atoms with Crippen molar-refractivity contribution in [3.05, 3.63) is 485 Å². The maximum Gasteiger partial charge on any atom is 0.143 e. The number of benzene rings is 20. The molecule has 0 fully saturated rings. The molecule has 2 aromatic heterocycles. The van der Waals surface area contributed by atoms with Crippen LogP contribution in [0.3, 0.4) is 0 Å². The summed E-state index contributed by atoms with van der Waals surface area (Å²) in [4.78, 5) is 4.67. The number of hydrogen-bond donors (Lipinski definition) is 0. The molecule has 0 spiro atoms. The first-order chi connectivity index (χ1) is 60.4. The molecule has 0 aliphatic carbocycles. The molecule has 0 atom stereocenters. The van der Waals surface area contributed by atoms with Gasteiger partial charge in [0, 0.05) is 66.8 Å². The fraction of sp³-hybridized carbons (Fsp3) is 0. The number of anilines is 6. The standard InChI is InChI=1S/C60H41NO.C58H39NO/c1-3-10-42(11-4-1)44-18-22-46(23-19-44)47-26-28-49(29-27-47)51-32-38-54(39-33-51)61(53-36-30-50(31-37-53)48-24-20-45(21-25-48)43-12-5-2-6-13-43)55-40-34-52(35-41-55)56-15-9-16-58-57-14-7-8-17-59(57)62-60(56)58;1-2-9-40(10-3-1)42-17-19-43(20-18-42)44-21-23-45(24-22-44)46-27-33-51(34-28-46)59(52-35-29-47(30-36-52)50-26-25-41-11-4-5-12-49(41)39-50)53-37-31-48(32-38-53)54-14-8-15-56-55-13-6-7-16-57(55)60-58(54)56/h1-41H;1-39H. The predicted molar refractivity (Wildman–Crippen MR) is 514 cm³/mol. The van der Waals surface area contributed by atoms with E-state index in [-0.39, 0.29) is 0 Å². The van der Waals surface area contributed by atoms with Crippen LogP contribution in [0.1, 0.15) is 0 Å². The second-order valence-electron chi connectivity index (χ2n) is 31.1. The molecule has 4 nitrogen and oxygen atoms in total. The summed E-state index contributed by atoms with van der Waals surface area (Å²) in [5.74, 6) is 0. The van der Waals surface area contributed by atoms with Gasteiger partial charge in [-0.3, -0.25) is 0 Å². The third-order valence-corrected chi connectivity index (χ3v) is 23.7. The molecule has 0 aliphatic rings. The van der Waals surface area contributed by atoms with Crippen molar-refractivity contribution in [2.75, 3.05) is 9.80 Å². The normalized spacial score (nSPS) is 11.3. The van der Waals surface area contributed by atoms with Gasteiger partial charge in [0.2, 0.25) is 0 Å². The zero-order valence-electron chi connectivity index (χ0n) is 66.9. The molecule has 0 bridgehead atoms. The van der Waals surface area contributed by atoms with Gasteiger partial charge in [-0.25, -0.2) is 0 Å². The Bertz CT molecular complexity index is 7420. The Labute approximate surface area is 710 Å². The first kappa shape index (κ1) is 73.5. The Morgan fingerprint density at radius 3 is 0.623 bits per heavy atom. The van der Waals surface area contributed by atoms with Crippen LogP contribution in [-0.4, -0.2) is 0 Å². The molecule has 22 rings (SSSR count). The van der Waals surface area contributed by atoms with Gasteiger partial charge < -0.3 is 18.6 Å². The summed E-state index contributed by atoms with van der Waals surface area (Å²) in [5, 5.41) is 7.02. The number of furan rings is 2. The fourth-order valence-corrected chi connectivity index (χ4v) is 17.2. The molecule has 0 radical (unpaired) electrons. The lowest BCUT2D eigenvalue weighted by molar-refractivity contribution is 0.669. The minimum absolute atomic E-state index is 0.904. The molecule has 0 unspecified atom stereocenters. The van der Waals surface area contributed by atoms with Gasteiger partial charge in [-0.15, -0.1) is 0 Å². The van der Waals surface area contributed by atoms with E-state index < -0.39 is 0 Å². The van der Waals surface area contributed by atoms with Crippen molar-refractivity contribution < 1.29 is 8.83 Å². The lowest BCUT2D eigenvalue weighted by atomic mass is 9.98. The SMILES string of the molecule is c1ccc(-c2ccc(-c3ccc(-c4ccc(N(c5ccc(-c6ccc(-c7ccccc7)cc6)cc5)c5ccc(-c6cccc7c6oc6ccccc67)cc5)cc4)cc3)cc2)cc1.c1ccc(-c2ccc(-c3ccc(-c4ccc(N(c5ccc(-c6ccc7ccccc7c6)cc5)c5ccc(-c6cccc7c6oc6ccccc67)cc5)cc4)cc3)cc2)cc1. The Hall–Kier alpha value is -16.1. The fourth-order valence-electron chi connectivity index (χ4n) is 17.2. The molecule has 4 heteroatoms. The lowest BCUT2D eigenvalue weighted by Gasteiger charge is -2.26. The Balaban J connectivity index is 0.000000150.